The summed E-state index contributed by atoms with van der Waals surface area (Å²) in [6.45, 7) is 0. The van der Waals surface area contributed by atoms with Crippen LogP contribution in [0.3, 0.4) is 0 Å². The van der Waals surface area contributed by atoms with Gasteiger partial charge in [-0.3, -0.25) is 19.7 Å². The van der Waals surface area contributed by atoms with Crippen LogP contribution in [0.1, 0.15) is 31.8 Å². The molecule has 154 valence electrons. The van der Waals surface area contributed by atoms with Crippen molar-refractivity contribution < 1.29 is 14.5 Å². The third kappa shape index (κ3) is 5.51. The molecule has 4 N–H and O–H groups in total. The van der Waals surface area contributed by atoms with Crippen molar-refractivity contribution in [1.82, 2.24) is 0 Å². The van der Waals surface area contributed by atoms with E-state index in [0.717, 1.165) is 0 Å². The first kappa shape index (κ1) is 21.2. The molecule has 0 aromatic heterocycles. The number of nitro groups is 1. The topological polar surface area (TPSA) is 129 Å². The Kier molecular flexibility index (Phi) is 6.37. The Morgan fingerprint density at radius 3 is 1.84 bits per heavy atom. The van der Waals surface area contributed by atoms with Crippen LogP contribution in [0.15, 0.2) is 78.9 Å². The van der Waals surface area contributed by atoms with Crippen molar-refractivity contribution in [2.24, 2.45) is 0 Å². The molecule has 3 aromatic carbocycles. The van der Waals surface area contributed by atoms with Crippen molar-refractivity contribution in [2.45, 2.75) is 0 Å². The summed E-state index contributed by atoms with van der Waals surface area (Å²) in [7, 11) is 0. The maximum Gasteiger partial charge on any atom is 0.277 e. The molecule has 3 aromatic rings. The van der Waals surface area contributed by atoms with E-state index in [4.69, 9.17) is 11.5 Å². The molecule has 0 saturated carbocycles. The number of nitro benzene ring substituents is 1. The summed E-state index contributed by atoms with van der Waals surface area (Å²) in [4.78, 5) is 35.5. The molecule has 0 aliphatic heterocycles. The molecule has 0 amide bonds. The summed E-state index contributed by atoms with van der Waals surface area (Å²) in [6.07, 6.45) is 5.46. The minimum atomic E-state index is -0.540. The van der Waals surface area contributed by atoms with E-state index >= 15 is 0 Å². The van der Waals surface area contributed by atoms with Gasteiger partial charge in [0.2, 0.25) is 0 Å². The van der Waals surface area contributed by atoms with Gasteiger partial charge < -0.3 is 11.5 Å². The Morgan fingerprint density at radius 1 is 0.774 bits per heavy atom. The van der Waals surface area contributed by atoms with Crippen LogP contribution in [0.2, 0.25) is 0 Å². The molecular formula is C24H19N3O4. The lowest BCUT2D eigenvalue weighted by Gasteiger charge is -2.01. The van der Waals surface area contributed by atoms with E-state index in [1.54, 1.807) is 48.5 Å². The molecule has 0 aliphatic rings. The maximum absolute atomic E-state index is 12.3. The Morgan fingerprint density at radius 2 is 1.32 bits per heavy atom. The van der Waals surface area contributed by atoms with Gasteiger partial charge in [0, 0.05) is 28.6 Å². The predicted molar refractivity (Wildman–Crippen MR) is 122 cm³/mol. The molecule has 0 fully saturated rings. The monoisotopic (exact) mass is 413 g/mol. The smallest absolute Gasteiger partial charge is 0.277 e. The van der Waals surface area contributed by atoms with Gasteiger partial charge in [-0.15, -0.1) is 0 Å². The molecular weight excluding hydrogens is 394 g/mol. The lowest BCUT2D eigenvalue weighted by molar-refractivity contribution is -0.385. The SMILES string of the molecule is Nc1cccc(C(=O)C=Cc2ccc(C=CC(=O)c3cccc(N)c3)c([N+](=O)[O-])c2)c1. The van der Waals surface area contributed by atoms with E-state index in [1.807, 2.05) is 0 Å². The number of nitrogens with zero attached hydrogens (tertiary/aromatic N) is 1. The Balaban J connectivity index is 1.82. The first-order chi connectivity index (χ1) is 14.8. The zero-order valence-corrected chi connectivity index (χ0v) is 16.4. The molecule has 0 radical (unpaired) electrons. The first-order valence-corrected chi connectivity index (χ1v) is 9.28. The molecule has 0 spiro atoms. The van der Waals surface area contributed by atoms with Gasteiger partial charge in [-0.2, -0.15) is 0 Å². The largest absolute Gasteiger partial charge is 0.399 e. The van der Waals surface area contributed by atoms with Crippen molar-refractivity contribution in [3.05, 3.63) is 111 Å². The van der Waals surface area contributed by atoms with Crippen molar-refractivity contribution in [3.8, 4) is 0 Å². The molecule has 0 bridgehead atoms. The van der Waals surface area contributed by atoms with Crippen molar-refractivity contribution >= 4 is 40.8 Å². The van der Waals surface area contributed by atoms with Gasteiger partial charge in [-0.25, -0.2) is 0 Å². The lowest BCUT2D eigenvalue weighted by Crippen LogP contribution is -1.97. The number of hydrogen-bond donors (Lipinski definition) is 2. The van der Waals surface area contributed by atoms with Crippen LogP contribution in [0.4, 0.5) is 17.1 Å². The summed E-state index contributed by atoms with van der Waals surface area (Å²) >= 11 is 0. The van der Waals surface area contributed by atoms with E-state index in [9.17, 15) is 19.7 Å². The number of ketones is 2. The molecule has 0 aliphatic carbocycles. The second kappa shape index (κ2) is 9.32. The molecule has 31 heavy (non-hydrogen) atoms. The van der Waals surface area contributed by atoms with Crippen LogP contribution in [-0.2, 0) is 0 Å². The summed E-state index contributed by atoms with van der Waals surface area (Å²) in [5.74, 6) is -0.593. The minimum absolute atomic E-state index is 0.185. The molecule has 0 heterocycles. The fourth-order valence-electron chi connectivity index (χ4n) is 2.88. The maximum atomic E-state index is 12.3. The Hall–Kier alpha value is -4.52. The fourth-order valence-corrected chi connectivity index (χ4v) is 2.88. The first-order valence-electron chi connectivity index (χ1n) is 9.28. The highest BCUT2D eigenvalue weighted by atomic mass is 16.6. The van der Waals surface area contributed by atoms with E-state index in [-0.39, 0.29) is 22.8 Å². The van der Waals surface area contributed by atoms with Crippen molar-refractivity contribution in [1.29, 1.82) is 0 Å². The van der Waals surface area contributed by atoms with Gasteiger partial charge in [-0.1, -0.05) is 36.4 Å². The van der Waals surface area contributed by atoms with Crippen LogP contribution in [0.5, 0.6) is 0 Å². The molecule has 7 heteroatoms. The summed E-state index contributed by atoms with van der Waals surface area (Å²) in [6, 6.07) is 17.5. The Bertz CT molecular complexity index is 1230. The quantitative estimate of drug-likeness (QED) is 0.192. The summed E-state index contributed by atoms with van der Waals surface area (Å²) < 4.78 is 0. The van der Waals surface area contributed by atoms with Crippen LogP contribution < -0.4 is 11.5 Å². The van der Waals surface area contributed by atoms with E-state index in [1.165, 1.54) is 42.5 Å². The van der Waals surface area contributed by atoms with Crippen LogP contribution in [0.25, 0.3) is 12.2 Å². The zero-order chi connectivity index (χ0) is 22.4. The second-order valence-corrected chi connectivity index (χ2v) is 6.72. The number of hydrogen-bond acceptors (Lipinski definition) is 6. The normalized spacial score (nSPS) is 11.1. The van der Waals surface area contributed by atoms with Crippen molar-refractivity contribution in [2.75, 3.05) is 11.5 Å². The summed E-state index contributed by atoms with van der Waals surface area (Å²) in [5.41, 5.74) is 13.6. The highest BCUT2D eigenvalue weighted by molar-refractivity contribution is 6.08. The van der Waals surface area contributed by atoms with Gasteiger partial charge in [0.05, 0.1) is 10.5 Å². The molecule has 3 rings (SSSR count). The number of benzene rings is 3. The fraction of sp³-hybridized carbons (Fsp3) is 0. The van der Waals surface area contributed by atoms with Gasteiger partial charge in [0.25, 0.3) is 5.69 Å². The lowest BCUT2D eigenvalue weighted by atomic mass is 10.0. The number of carbonyl (C=O) groups excluding carboxylic acids is 2. The predicted octanol–water partition coefficient (Wildman–Crippen LogP) is 4.55. The van der Waals surface area contributed by atoms with Gasteiger partial charge >= 0.3 is 0 Å². The van der Waals surface area contributed by atoms with Crippen molar-refractivity contribution in [3.63, 3.8) is 0 Å². The molecule has 0 unspecified atom stereocenters. The van der Waals surface area contributed by atoms with Crippen LogP contribution in [0, 0.1) is 10.1 Å². The summed E-state index contributed by atoms with van der Waals surface area (Å²) in [5, 5.41) is 11.5. The molecule has 0 saturated heterocycles. The minimum Gasteiger partial charge on any atom is -0.399 e. The number of nitrogen functional groups attached to an aromatic ring is 2. The van der Waals surface area contributed by atoms with E-state index in [2.05, 4.69) is 0 Å². The number of carbonyl (C=O) groups is 2. The third-order valence-electron chi connectivity index (χ3n) is 4.43. The van der Waals surface area contributed by atoms with Gasteiger partial charge in [-0.05, 0) is 54.1 Å². The average molecular weight is 413 g/mol. The van der Waals surface area contributed by atoms with Gasteiger partial charge in [0.1, 0.15) is 0 Å². The van der Waals surface area contributed by atoms with Crippen LogP contribution >= 0.6 is 0 Å². The average Bonchev–Trinajstić information content (AvgIpc) is 2.76. The number of anilines is 2. The number of nitrogens with two attached hydrogens (primary N) is 2. The zero-order valence-electron chi connectivity index (χ0n) is 16.4. The van der Waals surface area contributed by atoms with E-state index < -0.39 is 4.92 Å². The van der Waals surface area contributed by atoms with E-state index in [0.29, 0.717) is 28.1 Å². The molecule has 0 atom stereocenters. The Labute approximate surface area is 178 Å². The van der Waals surface area contributed by atoms with Crippen LogP contribution in [-0.4, -0.2) is 16.5 Å². The number of allylic oxidation sites excluding steroid dienone is 2. The highest BCUT2D eigenvalue weighted by Crippen LogP contribution is 2.23. The third-order valence-corrected chi connectivity index (χ3v) is 4.43. The standard InChI is InChI=1S/C24H19N3O4/c25-20-5-1-3-18(14-20)23(28)11-8-16-7-9-17(22(13-16)27(30)31)10-12-24(29)19-4-2-6-21(26)15-19/h1-15H,25-26H2. The molecule has 7 nitrogen and oxygen atoms in total. The second-order valence-electron chi connectivity index (χ2n) is 6.72. The highest BCUT2D eigenvalue weighted by Gasteiger charge is 2.13. The number of rotatable bonds is 7. The van der Waals surface area contributed by atoms with Gasteiger partial charge in [0.15, 0.2) is 11.6 Å².